The zero-order chi connectivity index (χ0) is 13.6. The van der Waals surface area contributed by atoms with Gasteiger partial charge in [0.15, 0.2) is 6.10 Å². The molecular weight excluding hydrogens is 234 g/mol. The average Bonchev–Trinajstić information content (AvgIpc) is 2.32. The van der Waals surface area contributed by atoms with Crippen LogP contribution in [0.4, 0.5) is 0 Å². The zero-order valence-electron chi connectivity index (χ0n) is 9.26. The molecule has 0 rings (SSSR count). The highest BCUT2D eigenvalue weighted by molar-refractivity contribution is 5.71. The largest absolute Gasteiger partial charge is 0.479 e. The Bertz CT molecular complexity index is 260. The number of ether oxygens (including phenoxy) is 1. The SMILES string of the molecule is C[C@H](O[C@@H]([C@H](O)[C@@H](O)CO)[C@H](N)C=O)C(=O)O. The molecule has 0 aromatic rings. The third kappa shape index (κ3) is 4.75. The molecule has 0 aromatic heterocycles. The number of hydrogen-bond donors (Lipinski definition) is 5. The number of rotatable bonds is 8. The van der Waals surface area contributed by atoms with Crippen molar-refractivity contribution >= 4 is 12.3 Å². The summed E-state index contributed by atoms with van der Waals surface area (Å²) in [6.45, 7) is 0.416. The molecule has 0 unspecified atom stereocenters. The van der Waals surface area contributed by atoms with E-state index in [0.717, 1.165) is 0 Å². The van der Waals surface area contributed by atoms with Gasteiger partial charge in [0.05, 0.1) is 12.6 Å². The number of aldehydes is 1. The second-order valence-electron chi connectivity index (χ2n) is 3.54. The van der Waals surface area contributed by atoms with E-state index in [9.17, 15) is 19.8 Å². The van der Waals surface area contributed by atoms with Crippen molar-refractivity contribution in [2.24, 2.45) is 5.73 Å². The van der Waals surface area contributed by atoms with E-state index in [1.54, 1.807) is 0 Å². The van der Waals surface area contributed by atoms with Crippen LogP contribution in [0.15, 0.2) is 0 Å². The summed E-state index contributed by atoms with van der Waals surface area (Å²) >= 11 is 0. The zero-order valence-corrected chi connectivity index (χ0v) is 9.26. The summed E-state index contributed by atoms with van der Waals surface area (Å²) < 4.78 is 4.87. The van der Waals surface area contributed by atoms with Gasteiger partial charge in [0.1, 0.15) is 24.6 Å². The number of aliphatic carboxylic acids is 1. The van der Waals surface area contributed by atoms with Crippen LogP contribution in [0, 0.1) is 0 Å². The van der Waals surface area contributed by atoms with Gasteiger partial charge in [0.2, 0.25) is 0 Å². The maximum absolute atomic E-state index is 10.6. The lowest BCUT2D eigenvalue weighted by molar-refractivity contribution is -0.166. The van der Waals surface area contributed by atoms with Crippen LogP contribution in [0.25, 0.3) is 0 Å². The van der Waals surface area contributed by atoms with Crippen molar-refractivity contribution in [3.63, 3.8) is 0 Å². The topological polar surface area (TPSA) is 150 Å². The molecule has 17 heavy (non-hydrogen) atoms. The fourth-order valence-electron chi connectivity index (χ4n) is 1.10. The molecule has 0 amide bonds. The first kappa shape index (κ1) is 15.9. The van der Waals surface area contributed by atoms with Gasteiger partial charge >= 0.3 is 5.97 Å². The van der Waals surface area contributed by atoms with E-state index in [2.05, 4.69) is 0 Å². The molecule has 0 aliphatic carbocycles. The Morgan fingerprint density at radius 3 is 2.35 bits per heavy atom. The predicted molar refractivity (Wildman–Crippen MR) is 55.1 cm³/mol. The molecule has 0 saturated heterocycles. The van der Waals surface area contributed by atoms with Crippen LogP contribution in [0.1, 0.15) is 6.92 Å². The molecule has 8 heteroatoms. The molecule has 8 nitrogen and oxygen atoms in total. The minimum Gasteiger partial charge on any atom is -0.479 e. The van der Waals surface area contributed by atoms with E-state index in [4.69, 9.17) is 20.7 Å². The number of aliphatic hydroxyl groups excluding tert-OH is 3. The Morgan fingerprint density at radius 1 is 1.47 bits per heavy atom. The van der Waals surface area contributed by atoms with Gasteiger partial charge in [-0.25, -0.2) is 4.79 Å². The van der Waals surface area contributed by atoms with Crippen LogP contribution in [-0.2, 0) is 14.3 Å². The lowest BCUT2D eigenvalue weighted by Gasteiger charge is -2.29. The van der Waals surface area contributed by atoms with Crippen LogP contribution >= 0.6 is 0 Å². The minimum absolute atomic E-state index is 0.256. The normalized spacial score (nSPS) is 20.1. The highest BCUT2D eigenvalue weighted by Crippen LogP contribution is 2.10. The van der Waals surface area contributed by atoms with Gasteiger partial charge in [-0.2, -0.15) is 0 Å². The summed E-state index contributed by atoms with van der Waals surface area (Å²) in [4.78, 5) is 21.1. The number of hydrogen-bond acceptors (Lipinski definition) is 7. The second kappa shape index (κ2) is 7.30. The van der Waals surface area contributed by atoms with E-state index < -0.39 is 43.0 Å². The summed E-state index contributed by atoms with van der Waals surface area (Å²) in [6.07, 6.45) is -5.71. The third-order valence-corrected chi connectivity index (χ3v) is 2.16. The Balaban J connectivity index is 4.75. The Morgan fingerprint density at radius 2 is 2.00 bits per heavy atom. The van der Waals surface area contributed by atoms with Crippen LogP contribution < -0.4 is 5.73 Å². The van der Waals surface area contributed by atoms with Crippen molar-refractivity contribution in [3.05, 3.63) is 0 Å². The molecule has 0 radical (unpaired) electrons. The fraction of sp³-hybridized carbons (Fsp3) is 0.778. The van der Waals surface area contributed by atoms with Gasteiger partial charge in [-0.15, -0.1) is 0 Å². The molecule has 5 atom stereocenters. The van der Waals surface area contributed by atoms with Crippen LogP contribution in [0.2, 0.25) is 0 Å². The highest BCUT2D eigenvalue weighted by atomic mass is 16.5. The van der Waals surface area contributed by atoms with Crippen molar-refractivity contribution in [1.29, 1.82) is 0 Å². The second-order valence-corrected chi connectivity index (χ2v) is 3.54. The summed E-state index contributed by atoms with van der Waals surface area (Å²) in [7, 11) is 0. The number of aliphatic hydroxyl groups is 3. The van der Waals surface area contributed by atoms with Gasteiger partial charge in [0, 0.05) is 0 Å². The first-order valence-corrected chi connectivity index (χ1v) is 4.91. The van der Waals surface area contributed by atoms with Gasteiger partial charge < -0.3 is 35.7 Å². The maximum Gasteiger partial charge on any atom is 0.332 e. The lowest BCUT2D eigenvalue weighted by Crippen LogP contribution is -2.53. The van der Waals surface area contributed by atoms with E-state index >= 15 is 0 Å². The number of carbonyl (C=O) groups excluding carboxylic acids is 1. The summed E-state index contributed by atoms with van der Waals surface area (Å²) in [5, 5.41) is 36.0. The number of carbonyl (C=O) groups is 2. The number of carboxylic acid groups (broad SMARTS) is 1. The molecule has 0 spiro atoms. The van der Waals surface area contributed by atoms with E-state index in [0.29, 0.717) is 0 Å². The van der Waals surface area contributed by atoms with Crippen molar-refractivity contribution in [2.45, 2.75) is 37.4 Å². The van der Waals surface area contributed by atoms with Crippen LogP contribution in [0.3, 0.4) is 0 Å². The lowest BCUT2D eigenvalue weighted by atomic mass is 10.0. The highest BCUT2D eigenvalue weighted by Gasteiger charge is 2.34. The standard InChI is InChI=1S/C9H17NO7/c1-4(9(15)16)17-8(5(10)2-11)7(14)6(13)3-12/h2,4-8,12-14H,3,10H2,1H3,(H,15,16)/t4-,5+,6-,7+,8+/m0/s1. The summed E-state index contributed by atoms with van der Waals surface area (Å²) in [5.74, 6) is -1.31. The van der Waals surface area contributed by atoms with Crippen molar-refractivity contribution in [3.8, 4) is 0 Å². The van der Waals surface area contributed by atoms with Gasteiger partial charge in [-0.3, -0.25) is 0 Å². The van der Waals surface area contributed by atoms with Gasteiger partial charge in [-0.1, -0.05) is 0 Å². The van der Waals surface area contributed by atoms with Gasteiger partial charge in [-0.05, 0) is 6.92 Å². The molecule has 0 saturated carbocycles. The molecule has 0 aromatic carbocycles. The summed E-state index contributed by atoms with van der Waals surface area (Å²) in [6, 6.07) is -1.31. The smallest absolute Gasteiger partial charge is 0.332 e. The number of carboxylic acids is 1. The molecule has 100 valence electrons. The van der Waals surface area contributed by atoms with E-state index in [1.165, 1.54) is 6.92 Å². The Labute approximate surface area is 97.6 Å². The van der Waals surface area contributed by atoms with Crippen LogP contribution in [0.5, 0.6) is 0 Å². The number of nitrogens with two attached hydrogens (primary N) is 1. The maximum atomic E-state index is 10.6. The average molecular weight is 251 g/mol. The molecule has 0 aliphatic rings. The molecule has 0 aliphatic heterocycles. The van der Waals surface area contributed by atoms with Gasteiger partial charge in [0.25, 0.3) is 0 Å². The van der Waals surface area contributed by atoms with Crippen molar-refractivity contribution in [2.75, 3.05) is 6.61 Å². The third-order valence-electron chi connectivity index (χ3n) is 2.16. The molecule has 6 N–H and O–H groups in total. The quantitative estimate of drug-likeness (QED) is 0.288. The predicted octanol–water partition coefficient (Wildman–Crippen LogP) is -2.91. The molecule has 0 heterocycles. The van der Waals surface area contributed by atoms with Crippen molar-refractivity contribution in [1.82, 2.24) is 0 Å². The fourth-order valence-corrected chi connectivity index (χ4v) is 1.10. The minimum atomic E-state index is -1.66. The van der Waals surface area contributed by atoms with E-state index in [-0.39, 0.29) is 6.29 Å². The monoisotopic (exact) mass is 251 g/mol. The van der Waals surface area contributed by atoms with E-state index in [1.807, 2.05) is 0 Å². The summed E-state index contributed by atoms with van der Waals surface area (Å²) in [5.41, 5.74) is 5.32. The van der Waals surface area contributed by atoms with Crippen LogP contribution in [-0.4, -0.2) is 69.7 Å². The molecule has 0 fully saturated rings. The molecular formula is C9H17NO7. The Kier molecular flexibility index (Phi) is 6.85. The van der Waals surface area contributed by atoms with Crippen molar-refractivity contribution < 1.29 is 34.8 Å². The first-order valence-electron chi connectivity index (χ1n) is 4.91. The molecule has 0 bridgehead atoms. The first-order chi connectivity index (χ1) is 7.84. The Hall–Kier alpha value is -1.06.